The number of hydrogen-bond donors (Lipinski definition) is 7. The normalized spacial score (nSPS) is 13.6. The Bertz CT molecular complexity index is 3000. The molecule has 0 aliphatic heterocycles. The van der Waals surface area contributed by atoms with Crippen LogP contribution in [0.15, 0.2) is 102 Å². The predicted molar refractivity (Wildman–Crippen MR) is 291 cm³/mol. The van der Waals surface area contributed by atoms with Crippen molar-refractivity contribution in [2.45, 2.75) is 136 Å². The van der Waals surface area contributed by atoms with E-state index < -0.39 is 59.2 Å². The Balaban J connectivity index is 0.000000287. The van der Waals surface area contributed by atoms with Gasteiger partial charge >= 0.3 is 12.4 Å². The van der Waals surface area contributed by atoms with Gasteiger partial charge in [0.2, 0.25) is 0 Å². The highest BCUT2D eigenvalue weighted by atomic mass is 35.5. The van der Waals surface area contributed by atoms with Crippen molar-refractivity contribution in [1.82, 2.24) is 29.7 Å². The lowest BCUT2D eigenvalue weighted by Crippen LogP contribution is -2.37. The summed E-state index contributed by atoms with van der Waals surface area (Å²) in [5, 5.41) is 47.8. The maximum absolute atomic E-state index is 12.9. The number of benzene rings is 4. The molecule has 2 aromatic heterocycles. The number of carbonyl (C=O) groups is 2. The van der Waals surface area contributed by atoms with Crippen molar-refractivity contribution in [3.8, 4) is 22.5 Å². The van der Waals surface area contributed by atoms with Crippen LogP contribution in [0.4, 0.5) is 37.7 Å². The van der Waals surface area contributed by atoms with Crippen molar-refractivity contribution in [3.05, 3.63) is 141 Å². The molecule has 2 amide bonds. The van der Waals surface area contributed by atoms with Crippen LogP contribution in [-0.2, 0) is 37.1 Å². The van der Waals surface area contributed by atoms with Crippen LogP contribution in [0, 0.1) is 0 Å². The maximum Gasteiger partial charge on any atom is 0.429 e. The third kappa shape index (κ3) is 17.4. The largest absolute Gasteiger partial charge is 0.429 e. The summed E-state index contributed by atoms with van der Waals surface area (Å²) in [6, 6.07) is 20.6. The number of aryl methyl sites for hydroxylation is 2. The second-order valence-corrected chi connectivity index (χ2v) is 20.5. The lowest BCUT2D eigenvalue weighted by atomic mass is 10.0. The topological polar surface area (TPSA) is 199 Å². The van der Waals surface area contributed by atoms with Gasteiger partial charge in [0, 0.05) is 73.0 Å². The average Bonchev–Trinajstić information content (AvgIpc) is 4.04. The van der Waals surface area contributed by atoms with Crippen LogP contribution in [0.1, 0.15) is 112 Å². The summed E-state index contributed by atoms with van der Waals surface area (Å²) < 4.78 is 80.7. The van der Waals surface area contributed by atoms with Gasteiger partial charge < -0.3 is 45.5 Å². The Hall–Kier alpha value is -6.29. The number of aliphatic imine (C=N–C) groups is 1. The van der Waals surface area contributed by atoms with Gasteiger partial charge in [-0.1, -0.05) is 71.7 Å². The van der Waals surface area contributed by atoms with Gasteiger partial charge in [0.25, 0.3) is 11.8 Å². The van der Waals surface area contributed by atoms with Gasteiger partial charge in [-0.2, -0.15) is 26.3 Å². The van der Waals surface area contributed by atoms with E-state index in [2.05, 4.69) is 30.9 Å². The second-order valence-electron chi connectivity index (χ2n) is 19.7. The molecule has 78 heavy (non-hydrogen) atoms. The number of anilines is 1. The highest BCUT2D eigenvalue weighted by Gasteiger charge is 2.36. The number of nitrogens with zero attached hydrogens (tertiary/aromatic N) is 5. The number of aliphatic hydroxyl groups is 4. The van der Waals surface area contributed by atoms with Gasteiger partial charge in [-0.3, -0.25) is 9.59 Å². The molecule has 3 atom stereocenters. The average molecular weight is 1130 g/mol. The molecule has 0 spiro atoms. The molecule has 0 radical (unpaired) electrons. The molecule has 0 fully saturated rings. The van der Waals surface area contributed by atoms with Gasteiger partial charge in [0.05, 0.1) is 32.8 Å². The summed E-state index contributed by atoms with van der Waals surface area (Å²) in [7, 11) is 0. The Morgan fingerprint density at radius 2 is 1.06 bits per heavy atom. The van der Waals surface area contributed by atoms with E-state index in [0.717, 1.165) is 47.5 Å². The SMILES string of the molecule is CCn1cc(-c2ccc(C[C@@H](CCO)NC(=O)c3ccc(N=C(C)C(F)(F)F)c(Cl)c3)cc2)nc1C(C)(C)O.CCn1cc(-c2ccc(C[C@@H](CCO)NC(=O)c3ccc(NC(C)C(F)(F)F)c(Cl)c3)cc2)nc1C(C)(C)O. The number of halogens is 8. The molecular weight excluding hydrogens is 1070 g/mol. The Labute approximate surface area is 459 Å². The van der Waals surface area contributed by atoms with E-state index in [-0.39, 0.29) is 45.8 Å². The highest BCUT2D eigenvalue weighted by molar-refractivity contribution is 6.34. The summed E-state index contributed by atoms with van der Waals surface area (Å²) >= 11 is 12.2. The molecule has 7 N–H and O–H groups in total. The van der Waals surface area contributed by atoms with Gasteiger partial charge in [-0.15, -0.1) is 0 Å². The molecule has 1 unspecified atom stereocenters. The van der Waals surface area contributed by atoms with Gasteiger partial charge in [0.15, 0.2) is 0 Å². The fourth-order valence-corrected chi connectivity index (χ4v) is 8.59. The number of carbonyl (C=O) groups excluding carboxylic acids is 2. The molecule has 22 heteroatoms. The van der Waals surface area contributed by atoms with Crippen LogP contribution in [0.5, 0.6) is 0 Å². The predicted octanol–water partition coefficient (Wildman–Crippen LogP) is 11.4. The fourth-order valence-electron chi connectivity index (χ4n) is 8.13. The number of rotatable bonds is 21. The van der Waals surface area contributed by atoms with Crippen LogP contribution in [0.25, 0.3) is 22.5 Å². The van der Waals surface area contributed by atoms with E-state index in [0.29, 0.717) is 50.4 Å². The Kier molecular flexibility index (Phi) is 21.3. The van der Waals surface area contributed by atoms with E-state index >= 15 is 0 Å². The molecule has 0 bridgehead atoms. The van der Waals surface area contributed by atoms with Crippen molar-refractivity contribution in [2.24, 2.45) is 4.99 Å². The van der Waals surface area contributed by atoms with Crippen molar-refractivity contribution in [3.63, 3.8) is 0 Å². The molecule has 0 saturated carbocycles. The Morgan fingerprint density at radius 1 is 0.654 bits per heavy atom. The van der Waals surface area contributed by atoms with Crippen LogP contribution < -0.4 is 16.0 Å². The van der Waals surface area contributed by atoms with E-state index in [1.807, 2.05) is 83.9 Å². The number of nitrogens with one attached hydrogen (secondary N) is 3. The maximum atomic E-state index is 12.9. The van der Waals surface area contributed by atoms with E-state index in [9.17, 15) is 56.4 Å². The molecule has 0 aliphatic rings. The summed E-state index contributed by atoms with van der Waals surface area (Å²) in [5.41, 5.74) is 2.19. The smallest absolute Gasteiger partial charge is 0.396 e. The summed E-state index contributed by atoms with van der Waals surface area (Å²) in [4.78, 5) is 38.4. The highest BCUT2D eigenvalue weighted by Crippen LogP contribution is 2.32. The van der Waals surface area contributed by atoms with Crippen LogP contribution in [0.3, 0.4) is 0 Å². The first kappa shape index (κ1) is 62.6. The summed E-state index contributed by atoms with van der Waals surface area (Å²) in [6.07, 6.45) is -3.75. The molecule has 4 aromatic carbocycles. The van der Waals surface area contributed by atoms with Crippen molar-refractivity contribution < 1.29 is 56.4 Å². The molecule has 2 heterocycles. The Morgan fingerprint density at radius 3 is 1.40 bits per heavy atom. The number of alkyl halides is 6. The van der Waals surface area contributed by atoms with E-state index in [4.69, 9.17) is 23.2 Å². The third-order valence-corrected chi connectivity index (χ3v) is 13.0. The number of hydrogen-bond acceptors (Lipinski definition) is 10. The number of amides is 2. The van der Waals surface area contributed by atoms with Gasteiger partial charge in [-0.05, 0) is 129 Å². The molecule has 6 rings (SSSR count). The third-order valence-electron chi connectivity index (χ3n) is 12.4. The number of aliphatic hydroxyl groups excluding tert-OH is 2. The molecule has 0 saturated heterocycles. The standard InChI is InChI=1S/C28H34ClF3N4O3.C28H32ClF3N4O3/c2*1-5-36-16-24(35-26(36)27(3,4)39)19-8-6-18(7-9-19)14-21(12-13-37)34-25(38)20-10-11-23(22(29)15-20)33-17(2)28(30,31)32/h6-11,15-17,21,33,37,39H,5,12-14H2,1-4H3,(H,34,38);6-11,15-16,21,37,39H,5,12-14H2,1-4H3,(H,34,38)/t17?,21-;21-/m11/s1. The zero-order valence-corrected chi connectivity index (χ0v) is 46.0. The lowest BCUT2D eigenvalue weighted by molar-refractivity contribution is -0.138. The van der Waals surface area contributed by atoms with Gasteiger partial charge in [-0.25, -0.2) is 15.0 Å². The molecule has 6 aromatic rings. The molecule has 14 nitrogen and oxygen atoms in total. The van der Waals surface area contributed by atoms with Crippen LogP contribution >= 0.6 is 23.2 Å². The first-order valence-corrected chi connectivity index (χ1v) is 25.9. The number of aromatic nitrogens is 4. The first-order valence-electron chi connectivity index (χ1n) is 25.1. The van der Waals surface area contributed by atoms with Gasteiger partial charge in [0.1, 0.15) is 34.6 Å². The zero-order valence-electron chi connectivity index (χ0n) is 44.5. The van der Waals surface area contributed by atoms with Crippen molar-refractivity contribution in [2.75, 3.05) is 18.5 Å². The van der Waals surface area contributed by atoms with Crippen LogP contribution in [0.2, 0.25) is 10.0 Å². The summed E-state index contributed by atoms with van der Waals surface area (Å²) in [6.45, 7) is 13.6. The fraction of sp³-hybridized carbons (Fsp3) is 0.411. The minimum absolute atomic E-state index is 0.00805. The first-order chi connectivity index (χ1) is 36.4. The minimum Gasteiger partial charge on any atom is -0.396 e. The zero-order chi connectivity index (χ0) is 57.9. The minimum atomic E-state index is -4.58. The quantitative estimate of drug-likeness (QED) is 0.0271. The number of imidazole rings is 2. The molecule has 422 valence electrons. The summed E-state index contributed by atoms with van der Waals surface area (Å²) in [5.74, 6) is 0.227. The molecule has 0 aliphatic carbocycles. The molecular formula is C56H66Cl2F6N8O6. The lowest BCUT2D eigenvalue weighted by Gasteiger charge is -2.20. The van der Waals surface area contributed by atoms with Crippen molar-refractivity contribution >= 4 is 52.1 Å². The van der Waals surface area contributed by atoms with E-state index in [1.165, 1.54) is 36.4 Å². The van der Waals surface area contributed by atoms with Crippen molar-refractivity contribution in [1.29, 1.82) is 0 Å². The second kappa shape index (κ2) is 26.6. The van der Waals surface area contributed by atoms with Crippen LogP contribution in [-0.4, -0.2) is 101 Å². The monoisotopic (exact) mass is 1130 g/mol. The van der Waals surface area contributed by atoms with E-state index in [1.54, 1.807) is 27.7 Å².